The summed E-state index contributed by atoms with van der Waals surface area (Å²) < 4.78 is 16.0. The monoisotopic (exact) mass is 498 g/mol. The molecule has 35 heavy (non-hydrogen) atoms. The van der Waals surface area contributed by atoms with Crippen molar-refractivity contribution in [3.63, 3.8) is 0 Å². The number of esters is 1. The van der Waals surface area contributed by atoms with Crippen LogP contribution in [0.2, 0.25) is 5.02 Å². The lowest BCUT2D eigenvalue weighted by molar-refractivity contribution is -0.394. The van der Waals surface area contributed by atoms with Gasteiger partial charge in [-0.25, -0.2) is 4.79 Å². The summed E-state index contributed by atoms with van der Waals surface area (Å²) >= 11 is 5.97. The van der Waals surface area contributed by atoms with Gasteiger partial charge in [0.1, 0.15) is 5.75 Å². The number of rotatable bonds is 9. The zero-order valence-corrected chi connectivity index (χ0v) is 19.4. The average molecular weight is 499 g/mol. The summed E-state index contributed by atoms with van der Waals surface area (Å²) in [7, 11) is 1.40. The Morgan fingerprint density at radius 1 is 0.971 bits per heavy atom. The molecule has 10 nitrogen and oxygen atoms in total. The van der Waals surface area contributed by atoms with Gasteiger partial charge in [-0.2, -0.15) is 0 Å². The lowest BCUT2D eigenvalue weighted by Crippen LogP contribution is -2.18. The van der Waals surface area contributed by atoms with Gasteiger partial charge < -0.3 is 14.2 Å². The number of benzene rings is 3. The van der Waals surface area contributed by atoms with Crippen molar-refractivity contribution >= 4 is 41.1 Å². The van der Waals surface area contributed by atoms with E-state index in [1.165, 1.54) is 31.4 Å². The molecule has 0 aromatic heterocycles. The Morgan fingerprint density at radius 2 is 1.74 bits per heavy atom. The first-order valence-electron chi connectivity index (χ1n) is 10.1. The number of nitrogens with zero attached hydrogens (tertiary/aromatic N) is 2. The molecule has 0 saturated carbocycles. The summed E-state index contributed by atoms with van der Waals surface area (Å²) in [5.41, 5.74) is 0.800. The van der Waals surface area contributed by atoms with Crippen molar-refractivity contribution in [1.82, 2.24) is 0 Å². The van der Waals surface area contributed by atoms with Crippen LogP contribution in [0.4, 0.5) is 11.4 Å². The number of nitro groups is 2. The minimum atomic E-state index is -0.701. The maximum atomic E-state index is 12.2. The first-order valence-corrected chi connectivity index (χ1v) is 10.4. The molecule has 3 aromatic rings. The molecule has 0 aliphatic rings. The van der Waals surface area contributed by atoms with Gasteiger partial charge in [0.05, 0.1) is 28.6 Å². The first-order chi connectivity index (χ1) is 16.7. The van der Waals surface area contributed by atoms with Gasteiger partial charge in [-0.1, -0.05) is 23.7 Å². The quantitative estimate of drug-likeness (QED) is 0.122. The minimum Gasteiger partial charge on any atom is -0.493 e. The molecule has 0 fully saturated rings. The zero-order valence-electron chi connectivity index (χ0n) is 18.6. The van der Waals surface area contributed by atoms with Crippen molar-refractivity contribution in [3.05, 3.63) is 96.5 Å². The molecule has 0 amide bonds. The van der Waals surface area contributed by atoms with Gasteiger partial charge in [0.25, 0.3) is 11.4 Å². The lowest BCUT2D eigenvalue weighted by atomic mass is 10.1. The Bertz CT molecular complexity index is 1320. The van der Waals surface area contributed by atoms with E-state index in [2.05, 4.69) is 0 Å². The predicted molar refractivity (Wildman–Crippen MR) is 129 cm³/mol. The van der Waals surface area contributed by atoms with E-state index in [1.807, 2.05) is 6.92 Å². The largest absolute Gasteiger partial charge is 0.493 e. The predicted octanol–water partition coefficient (Wildman–Crippen LogP) is 5.63. The number of ether oxygens (including phenoxy) is 3. The zero-order chi connectivity index (χ0) is 25.5. The smallest absolute Gasteiger partial charge is 0.349 e. The Balaban J connectivity index is 1.71. The number of carbonyl (C=O) groups excluding carboxylic acids is 1. The first kappa shape index (κ1) is 25.2. The van der Waals surface area contributed by atoms with E-state index in [0.717, 1.165) is 11.6 Å². The van der Waals surface area contributed by atoms with E-state index in [9.17, 15) is 25.0 Å². The Hall–Kier alpha value is -4.44. The fraction of sp³-hybridized carbons (Fsp3) is 0.125. The van der Waals surface area contributed by atoms with Crippen LogP contribution in [0, 0.1) is 27.2 Å². The maximum absolute atomic E-state index is 12.2. The third-order valence-corrected chi connectivity index (χ3v) is 5.20. The Morgan fingerprint density at radius 3 is 2.40 bits per heavy atom. The van der Waals surface area contributed by atoms with Crippen LogP contribution in [0.15, 0.2) is 54.6 Å². The molecule has 0 bridgehead atoms. The molecule has 0 saturated heterocycles. The van der Waals surface area contributed by atoms with Gasteiger partial charge in [-0.3, -0.25) is 20.2 Å². The van der Waals surface area contributed by atoms with Crippen LogP contribution in [0.5, 0.6) is 17.2 Å². The number of hydrogen-bond acceptors (Lipinski definition) is 8. The summed E-state index contributed by atoms with van der Waals surface area (Å²) in [5, 5.41) is 22.8. The molecule has 0 N–H and O–H groups in total. The molecule has 0 aliphatic heterocycles. The van der Waals surface area contributed by atoms with Crippen molar-refractivity contribution in [2.24, 2.45) is 0 Å². The summed E-state index contributed by atoms with van der Waals surface area (Å²) in [4.78, 5) is 33.0. The fourth-order valence-electron chi connectivity index (χ4n) is 3.00. The second-order valence-electron chi connectivity index (χ2n) is 7.17. The van der Waals surface area contributed by atoms with Gasteiger partial charge in [0, 0.05) is 11.1 Å². The van der Waals surface area contributed by atoms with E-state index >= 15 is 0 Å². The van der Waals surface area contributed by atoms with Crippen molar-refractivity contribution < 1.29 is 28.9 Å². The van der Waals surface area contributed by atoms with Crippen molar-refractivity contribution in [3.8, 4) is 17.2 Å². The van der Waals surface area contributed by atoms with Crippen molar-refractivity contribution in [2.45, 2.75) is 6.92 Å². The molecule has 0 spiro atoms. The molecule has 11 heteroatoms. The van der Waals surface area contributed by atoms with Crippen LogP contribution in [0.1, 0.15) is 16.7 Å². The highest BCUT2D eigenvalue weighted by atomic mass is 35.5. The average Bonchev–Trinajstić information content (AvgIpc) is 2.83. The highest BCUT2D eigenvalue weighted by Gasteiger charge is 2.18. The van der Waals surface area contributed by atoms with Crippen LogP contribution in [0.3, 0.4) is 0 Å². The molecular weight excluding hydrogens is 480 g/mol. The van der Waals surface area contributed by atoms with Crippen molar-refractivity contribution in [1.29, 1.82) is 0 Å². The molecule has 0 atom stereocenters. The second kappa shape index (κ2) is 11.1. The van der Waals surface area contributed by atoms with Crippen LogP contribution in [-0.4, -0.2) is 29.5 Å². The lowest BCUT2D eigenvalue weighted by Gasteiger charge is -2.11. The standard InChI is InChI=1S/C24H19ClN2O8/c1-15-11-19(8-9-20(15)25)34-14-24(28)35-22-10-4-16(12-23(22)33-2)3-5-17-6-7-18(26(29)30)13-21(17)27(31)32/h3-13H,14H2,1-2H3/b5-3+. The number of methoxy groups -OCH3 is 1. The molecule has 180 valence electrons. The molecule has 0 unspecified atom stereocenters. The molecule has 3 rings (SSSR count). The number of aryl methyl sites for hydroxylation is 1. The summed E-state index contributed by atoms with van der Waals surface area (Å²) in [5.74, 6) is 0.227. The van der Waals surface area contributed by atoms with Gasteiger partial charge >= 0.3 is 5.97 Å². The number of non-ortho nitro benzene ring substituents is 1. The van der Waals surface area contributed by atoms with Gasteiger partial charge in [0.2, 0.25) is 0 Å². The van der Waals surface area contributed by atoms with E-state index in [0.29, 0.717) is 16.3 Å². The van der Waals surface area contributed by atoms with E-state index in [-0.39, 0.29) is 29.4 Å². The Kier molecular flexibility index (Phi) is 8.00. The third kappa shape index (κ3) is 6.55. The number of halogens is 1. The fourth-order valence-corrected chi connectivity index (χ4v) is 3.12. The number of hydrogen-bond donors (Lipinski definition) is 0. The van der Waals surface area contributed by atoms with E-state index < -0.39 is 21.5 Å². The van der Waals surface area contributed by atoms with E-state index in [4.69, 9.17) is 25.8 Å². The van der Waals surface area contributed by atoms with Crippen LogP contribution in [-0.2, 0) is 4.79 Å². The highest BCUT2D eigenvalue weighted by molar-refractivity contribution is 6.31. The minimum absolute atomic E-state index is 0.159. The highest BCUT2D eigenvalue weighted by Crippen LogP contribution is 2.30. The Labute approximate surface area is 204 Å². The topological polar surface area (TPSA) is 131 Å². The third-order valence-electron chi connectivity index (χ3n) is 4.77. The molecule has 3 aromatic carbocycles. The summed E-state index contributed by atoms with van der Waals surface area (Å²) in [6, 6.07) is 13.1. The molecule has 0 radical (unpaired) electrons. The van der Waals surface area contributed by atoms with Gasteiger partial charge in [-0.15, -0.1) is 0 Å². The molecule has 0 aliphatic carbocycles. The van der Waals surface area contributed by atoms with Crippen molar-refractivity contribution in [2.75, 3.05) is 13.7 Å². The van der Waals surface area contributed by atoms with Gasteiger partial charge in [-0.05, 0) is 60.5 Å². The van der Waals surface area contributed by atoms with E-state index in [1.54, 1.807) is 36.4 Å². The van der Waals surface area contributed by atoms with Crippen LogP contribution < -0.4 is 14.2 Å². The van der Waals surface area contributed by atoms with Crippen LogP contribution in [0.25, 0.3) is 12.2 Å². The van der Waals surface area contributed by atoms with Crippen LogP contribution >= 0.6 is 11.6 Å². The van der Waals surface area contributed by atoms with Gasteiger partial charge in [0.15, 0.2) is 18.1 Å². The summed E-state index contributed by atoms with van der Waals surface area (Å²) in [6.45, 7) is 1.48. The normalized spacial score (nSPS) is 10.7. The summed E-state index contributed by atoms with van der Waals surface area (Å²) in [6.07, 6.45) is 3.01. The molecule has 0 heterocycles. The number of nitro benzene ring substituents is 2. The SMILES string of the molecule is COc1cc(/C=C/c2ccc([N+](=O)[O-])cc2[N+](=O)[O-])ccc1OC(=O)COc1ccc(Cl)c(C)c1. The number of carbonyl (C=O) groups is 1. The second-order valence-corrected chi connectivity index (χ2v) is 7.58. The molecular formula is C24H19ClN2O8. The maximum Gasteiger partial charge on any atom is 0.349 e.